The molecule has 3 N–H and O–H groups in total. The van der Waals surface area contributed by atoms with E-state index < -0.39 is 37.9 Å². The second-order valence-corrected chi connectivity index (χ2v) is 11.3. The fourth-order valence-electron chi connectivity index (χ4n) is 4.20. The first-order valence-corrected chi connectivity index (χ1v) is 13.7. The van der Waals surface area contributed by atoms with Gasteiger partial charge in [0.25, 0.3) is 7.23 Å². The van der Waals surface area contributed by atoms with Gasteiger partial charge in [-0.05, 0) is 40.3 Å². The Morgan fingerprint density at radius 3 is 3.06 bits per heavy atom. The molecular formula is C19H25N5O7P2. The number of carbonyl (C=O) groups excluding carboxylic acids is 1. The first kappa shape index (κ1) is 22.9. The molecule has 4 unspecified atom stereocenters. The minimum absolute atomic E-state index is 0.0574. The van der Waals surface area contributed by atoms with E-state index in [-0.39, 0.29) is 18.5 Å². The number of allylic oxidation sites excluding steroid dienone is 1. The highest BCUT2D eigenvalue weighted by molar-refractivity contribution is 7.88. The van der Waals surface area contributed by atoms with E-state index in [1.54, 1.807) is 0 Å². The van der Waals surface area contributed by atoms with E-state index in [1.807, 2.05) is 12.2 Å². The van der Waals surface area contributed by atoms with E-state index in [9.17, 15) is 14.8 Å². The maximum absolute atomic E-state index is 12.5. The molecule has 12 nitrogen and oxygen atoms in total. The van der Waals surface area contributed by atoms with Gasteiger partial charge in [-0.15, -0.1) is 0 Å². The third-order valence-corrected chi connectivity index (χ3v) is 7.54. The molecule has 2 aromatic rings. The van der Waals surface area contributed by atoms with Crippen molar-refractivity contribution in [2.24, 2.45) is 0 Å². The van der Waals surface area contributed by atoms with Gasteiger partial charge in [0.15, 0.2) is 23.2 Å². The van der Waals surface area contributed by atoms with Gasteiger partial charge in [0.1, 0.15) is 30.7 Å². The summed E-state index contributed by atoms with van der Waals surface area (Å²) >= 11 is 0. The SMILES string of the molecule is O=C(Nc1ncnc2c1ncn2[C@@H]1O[C@@H]2COP(O)(=P)OC2C1O)OC1/C=C/CCCCC1. The summed E-state index contributed by atoms with van der Waals surface area (Å²) in [5.74, 6) is 0.184. The molecule has 0 radical (unpaired) electrons. The zero-order valence-corrected chi connectivity index (χ0v) is 19.5. The van der Waals surface area contributed by atoms with E-state index in [4.69, 9.17) is 18.5 Å². The lowest BCUT2D eigenvalue weighted by atomic mass is 10.0. The summed E-state index contributed by atoms with van der Waals surface area (Å²) < 4.78 is 23.6. The highest BCUT2D eigenvalue weighted by Gasteiger charge is 2.50. The number of rotatable bonds is 3. The molecule has 178 valence electrons. The highest BCUT2D eigenvalue weighted by atomic mass is 31.8. The van der Waals surface area contributed by atoms with Gasteiger partial charge >= 0.3 is 6.09 Å². The molecule has 4 heterocycles. The first-order chi connectivity index (χ1) is 15.9. The van der Waals surface area contributed by atoms with Crippen LogP contribution in [-0.4, -0.2) is 66.6 Å². The van der Waals surface area contributed by atoms with Gasteiger partial charge in [0, 0.05) is 0 Å². The molecule has 2 aromatic heterocycles. The van der Waals surface area contributed by atoms with Crippen LogP contribution in [0.4, 0.5) is 10.6 Å². The van der Waals surface area contributed by atoms with Crippen molar-refractivity contribution >= 4 is 38.8 Å². The average Bonchev–Trinajstić information content (AvgIpc) is 3.31. The monoisotopic (exact) mass is 497 g/mol. The first-order valence-electron chi connectivity index (χ1n) is 10.8. The minimum atomic E-state index is -3.19. The second-order valence-electron chi connectivity index (χ2n) is 8.12. The normalized spacial score (nSPS) is 35.4. The predicted octanol–water partition coefficient (Wildman–Crippen LogP) is 2.75. The van der Waals surface area contributed by atoms with Gasteiger partial charge in [-0.1, -0.05) is 12.5 Å². The molecule has 0 saturated carbocycles. The smallest absolute Gasteiger partial charge is 0.413 e. The van der Waals surface area contributed by atoms with Gasteiger partial charge in [0.2, 0.25) is 0 Å². The van der Waals surface area contributed by atoms with Crippen molar-refractivity contribution < 1.29 is 33.3 Å². The Labute approximate surface area is 191 Å². The van der Waals surface area contributed by atoms with Crippen LogP contribution in [0.5, 0.6) is 0 Å². The number of aliphatic hydroxyl groups is 1. The summed E-state index contributed by atoms with van der Waals surface area (Å²) in [6.45, 7) is 0.0574. The predicted molar refractivity (Wildman–Crippen MR) is 120 cm³/mol. The molecule has 1 amide bonds. The zero-order chi connectivity index (χ0) is 23.0. The largest absolute Gasteiger partial charge is 0.442 e. The van der Waals surface area contributed by atoms with E-state index in [2.05, 4.69) is 28.8 Å². The summed E-state index contributed by atoms with van der Waals surface area (Å²) in [6.07, 6.45) is 7.42. The molecule has 2 aliphatic heterocycles. The summed E-state index contributed by atoms with van der Waals surface area (Å²) in [7, 11) is -0.134. The Bertz CT molecular complexity index is 1110. The maximum atomic E-state index is 12.5. The van der Waals surface area contributed by atoms with Crippen LogP contribution in [-0.2, 0) is 18.5 Å². The lowest BCUT2D eigenvalue weighted by Gasteiger charge is -2.31. The topological polar surface area (TPSA) is 150 Å². The Balaban J connectivity index is 1.33. The molecule has 0 spiro atoms. The third kappa shape index (κ3) is 4.83. The van der Waals surface area contributed by atoms with Crippen LogP contribution in [0.1, 0.15) is 38.3 Å². The minimum Gasteiger partial charge on any atom is -0.442 e. The van der Waals surface area contributed by atoms with Crippen molar-refractivity contribution in [1.82, 2.24) is 19.5 Å². The molecule has 5 rings (SSSR count). The summed E-state index contributed by atoms with van der Waals surface area (Å²) in [4.78, 5) is 35.2. The number of anilines is 1. The summed E-state index contributed by atoms with van der Waals surface area (Å²) in [5.41, 5.74) is 0.660. The second kappa shape index (κ2) is 9.38. The number of amides is 1. The van der Waals surface area contributed by atoms with Gasteiger partial charge in [-0.25, -0.2) is 19.7 Å². The van der Waals surface area contributed by atoms with Crippen LogP contribution >= 0.6 is 15.8 Å². The number of fused-ring (bicyclic) bond motifs is 2. The molecule has 33 heavy (non-hydrogen) atoms. The zero-order valence-electron chi connectivity index (χ0n) is 17.6. The summed E-state index contributed by atoms with van der Waals surface area (Å²) in [5, 5.41) is 13.4. The molecule has 0 bridgehead atoms. The van der Waals surface area contributed by atoms with Crippen LogP contribution in [0.25, 0.3) is 11.2 Å². The summed E-state index contributed by atoms with van der Waals surface area (Å²) in [6, 6.07) is 0. The number of nitrogens with zero attached hydrogens (tertiary/aromatic N) is 4. The fourth-order valence-corrected chi connectivity index (χ4v) is 5.79. The molecular weight excluding hydrogens is 472 g/mol. The molecule has 0 aromatic carbocycles. The number of imidazole rings is 1. The van der Waals surface area contributed by atoms with E-state index in [1.165, 1.54) is 17.2 Å². The average molecular weight is 497 g/mol. The molecule has 14 heteroatoms. The standard InChI is InChI=1S/C19H25N5O7P2/c25-14-15-12(8-28-33(27,32)31-15)30-18(14)24-10-22-13-16(20-9-21-17(13)24)23-19(26)29-11-6-4-2-1-3-5-7-11/h4,6,9-12,14-15,18,25,27,32H,1-3,5,7-8H2,(H,20,21,23,26)/b6-4+/t11?,12-,14?,15?,18-,33?/m1/s1. The van der Waals surface area contributed by atoms with Gasteiger partial charge in [0.05, 0.1) is 12.9 Å². The number of carbonyl (C=O) groups is 1. The number of hydrogen-bond acceptors (Lipinski definition) is 9. The molecule has 3 aliphatic rings. The lowest BCUT2D eigenvalue weighted by molar-refractivity contribution is -0.0593. The lowest BCUT2D eigenvalue weighted by Crippen LogP contribution is -2.38. The van der Waals surface area contributed by atoms with Crippen molar-refractivity contribution in [3.63, 3.8) is 0 Å². The van der Waals surface area contributed by atoms with Gasteiger partial charge in [-0.2, -0.15) is 0 Å². The third-order valence-electron chi connectivity index (χ3n) is 5.81. The fraction of sp³-hybridized carbons (Fsp3) is 0.579. The molecule has 1 aliphatic carbocycles. The van der Waals surface area contributed by atoms with Gasteiger partial charge < -0.3 is 28.5 Å². The van der Waals surface area contributed by atoms with Crippen LogP contribution in [0, 0.1) is 0 Å². The number of nitrogens with one attached hydrogen (secondary N) is 1. The molecule has 2 saturated heterocycles. The maximum Gasteiger partial charge on any atom is 0.413 e. The van der Waals surface area contributed by atoms with Crippen molar-refractivity contribution in [3.05, 3.63) is 24.8 Å². The Morgan fingerprint density at radius 2 is 2.18 bits per heavy atom. The molecule has 6 atom stereocenters. The van der Waals surface area contributed by atoms with Crippen molar-refractivity contribution in [3.8, 4) is 0 Å². The number of aliphatic hydroxyl groups excluding tert-OH is 1. The van der Waals surface area contributed by atoms with Crippen LogP contribution in [0.15, 0.2) is 24.8 Å². The van der Waals surface area contributed by atoms with Crippen LogP contribution in [0.3, 0.4) is 0 Å². The molecule has 2 fully saturated rings. The Morgan fingerprint density at radius 1 is 1.30 bits per heavy atom. The number of hydrogen-bond donors (Lipinski definition) is 3. The number of ether oxygens (including phenoxy) is 2. The van der Waals surface area contributed by atoms with Crippen LogP contribution < -0.4 is 5.32 Å². The van der Waals surface area contributed by atoms with E-state index in [0.29, 0.717) is 11.2 Å². The Hall–Kier alpha value is -1.91. The van der Waals surface area contributed by atoms with E-state index >= 15 is 0 Å². The quantitative estimate of drug-likeness (QED) is 0.427. The Kier molecular flexibility index (Phi) is 6.50. The van der Waals surface area contributed by atoms with Gasteiger partial charge in [-0.3, -0.25) is 9.88 Å². The van der Waals surface area contributed by atoms with Crippen molar-refractivity contribution in [1.29, 1.82) is 0 Å². The van der Waals surface area contributed by atoms with E-state index in [0.717, 1.165) is 32.1 Å². The van der Waals surface area contributed by atoms with Crippen molar-refractivity contribution in [2.75, 3.05) is 11.9 Å². The van der Waals surface area contributed by atoms with Crippen LogP contribution in [0.2, 0.25) is 0 Å². The number of aromatic nitrogens is 4. The highest BCUT2D eigenvalue weighted by Crippen LogP contribution is 2.56. The van der Waals surface area contributed by atoms with Crippen molar-refractivity contribution in [2.45, 2.75) is 62.7 Å².